The molecule has 0 radical (unpaired) electrons. The van der Waals surface area contributed by atoms with E-state index in [1.165, 1.54) is 11.1 Å². The number of benzene rings is 1. The third-order valence-electron chi connectivity index (χ3n) is 5.64. The van der Waals surface area contributed by atoms with Gasteiger partial charge in [-0.15, -0.1) is 0 Å². The molecule has 28 heavy (non-hydrogen) atoms. The number of nitrogens with zero attached hydrogens (tertiary/aromatic N) is 4. The van der Waals surface area contributed by atoms with E-state index in [0.29, 0.717) is 45.9 Å². The molecule has 0 spiro atoms. The molecule has 2 saturated heterocycles. The summed E-state index contributed by atoms with van der Waals surface area (Å²) in [5, 5.41) is 0. The van der Waals surface area contributed by atoms with Gasteiger partial charge in [-0.3, -0.25) is 19.4 Å². The zero-order valence-corrected chi connectivity index (χ0v) is 17.1. The van der Waals surface area contributed by atoms with E-state index in [-0.39, 0.29) is 11.8 Å². The van der Waals surface area contributed by atoms with Gasteiger partial charge in [0, 0.05) is 52.9 Å². The number of likely N-dealkylation sites (N-methyl/N-ethyl adjacent to an activating group) is 1. The third-order valence-corrected chi connectivity index (χ3v) is 5.64. The highest BCUT2D eigenvalue weighted by atomic mass is 16.5. The van der Waals surface area contributed by atoms with Gasteiger partial charge in [0.2, 0.25) is 11.8 Å². The van der Waals surface area contributed by atoms with Crippen molar-refractivity contribution in [1.29, 1.82) is 0 Å². The maximum absolute atomic E-state index is 12.6. The lowest BCUT2D eigenvalue weighted by atomic mass is 10.1. The molecule has 2 aliphatic rings. The van der Waals surface area contributed by atoms with E-state index in [1.807, 2.05) is 24.1 Å². The summed E-state index contributed by atoms with van der Waals surface area (Å²) in [7, 11) is 1.87. The molecule has 3 rings (SSSR count). The zero-order valence-electron chi connectivity index (χ0n) is 17.1. The third kappa shape index (κ3) is 5.77. The Morgan fingerprint density at radius 2 is 1.57 bits per heavy atom. The highest BCUT2D eigenvalue weighted by molar-refractivity contribution is 5.78. The minimum atomic E-state index is 0.140. The van der Waals surface area contributed by atoms with Gasteiger partial charge in [-0.2, -0.15) is 0 Å². The summed E-state index contributed by atoms with van der Waals surface area (Å²) in [5.41, 5.74) is 2.39. The molecule has 0 bridgehead atoms. The summed E-state index contributed by atoms with van der Waals surface area (Å²) >= 11 is 0. The summed E-state index contributed by atoms with van der Waals surface area (Å²) < 4.78 is 5.30. The van der Waals surface area contributed by atoms with Crippen LogP contribution in [0.2, 0.25) is 0 Å². The average molecular weight is 389 g/mol. The van der Waals surface area contributed by atoms with Gasteiger partial charge in [-0.05, 0) is 18.1 Å². The minimum absolute atomic E-state index is 0.140. The Morgan fingerprint density at radius 1 is 0.964 bits per heavy atom. The van der Waals surface area contributed by atoms with Crippen molar-refractivity contribution < 1.29 is 14.3 Å². The van der Waals surface area contributed by atoms with Gasteiger partial charge in [0.1, 0.15) is 0 Å². The molecular weight excluding hydrogens is 356 g/mol. The standard InChI is InChI=1S/C21H32N4O3/c1-18-5-3-4-6-19(18)15-22(2)20(26)16-23-7-9-24(10-8-23)17-21(27)25-11-13-28-14-12-25/h3-6H,7-17H2,1-2H3. The molecule has 2 fully saturated rings. The number of piperazine rings is 1. The molecule has 154 valence electrons. The Labute approximate surface area is 167 Å². The second-order valence-corrected chi connectivity index (χ2v) is 7.72. The molecule has 1 aromatic carbocycles. The van der Waals surface area contributed by atoms with Crippen molar-refractivity contribution in [3.05, 3.63) is 35.4 Å². The van der Waals surface area contributed by atoms with Crippen molar-refractivity contribution in [2.75, 3.05) is 72.6 Å². The summed E-state index contributed by atoms with van der Waals surface area (Å²) in [6.07, 6.45) is 0. The fraction of sp³-hybridized carbons (Fsp3) is 0.619. The number of amides is 2. The van der Waals surface area contributed by atoms with Crippen LogP contribution in [0.25, 0.3) is 0 Å². The molecule has 0 aromatic heterocycles. The number of hydrogen-bond donors (Lipinski definition) is 0. The highest BCUT2D eigenvalue weighted by Gasteiger charge is 2.24. The van der Waals surface area contributed by atoms with Crippen LogP contribution < -0.4 is 0 Å². The monoisotopic (exact) mass is 388 g/mol. The fourth-order valence-corrected chi connectivity index (χ4v) is 3.65. The van der Waals surface area contributed by atoms with Crippen LogP contribution in [0.15, 0.2) is 24.3 Å². The Kier molecular flexibility index (Phi) is 7.42. The molecule has 0 N–H and O–H groups in total. The topological polar surface area (TPSA) is 56.3 Å². The van der Waals surface area contributed by atoms with E-state index in [9.17, 15) is 9.59 Å². The highest BCUT2D eigenvalue weighted by Crippen LogP contribution is 2.10. The Balaban J connectivity index is 1.39. The van der Waals surface area contributed by atoms with Gasteiger partial charge >= 0.3 is 0 Å². The first kappa shape index (κ1) is 20.8. The molecule has 7 nitrogen and oxygen atoms in total. The first-order valence-electron chi connectivity index (χ1n) is 10.1. The van der Waals surface area contributed by atoms with Crippen LogP contribution in [0.5, 0.6) is 0 Å². The van der Waals surface area contributed by atoms with Crippen molar-refractivity contribution >= 4 is 11.8 Å². The zero-order chi connectivity index (χ0) is 19.9. The number of carbonyl (C=O) groups is 2. The fourth-order valence-electron chi connectivity index (χ4n) is 3.65. The molecule has 2 aliphatic heterocycles. The van der Waals surface area contributed by atoms with Crippen LogP contribution >= 0.6 is 0 Å². The van der Waals surface area contributed by atoms with E-state index in [1.54, 1.807) is 4.90 Å². The molecule has 2 heterocycles. The molecule has 7 heteroatoms. The first-order chi connectivity index (χ1) is 13.5. The van der Waals surface area contributed by atoms with E-state index < -0.39 is 0 Å². The van der Waals surface area contributed by atoms with Gasteiger partial charge in [-0.1, -0.05) is 24.3 Å². The van der Waals surface area contributed by atoms with Gasteiger partial charge in [-0.25, -0.2) is 0 Å². The van der Waals surface area contributed by atoms with Crippen molar-refractivity contribution in [3.8, 4) is 0 Å². The Morgan fingerprint density at radius 3 is 2.21 bits per heavy atom. The molecule has 0 aliphatic carbocycles. The lowest BCUT2D eigenvalue weighted by Gasteiger charge is -2.36. The quantitative estimate of drug-likeness (QED) is 0.708. The maximum Gasteiger partial charge on any atom is 0.236 e. The van der Waals surface area contributed by atoms with E-state index >= 15 is 0 Å². The van der Waals surface area contributed by atoms with Crippen molar-refractivity contribution in [3.63, 3.8) is 0 Å². The normalized spacial score (nSPS) is 18.9. The molecule has 0 atom stereocenters. The van der Waals surface area contributed by atoms with Crippen molar-refractivity contribution in [2.24, 2.45) is 0 Å². The number of morpholine rings is 1. The van der Waals surface area contributed by atoms with Gasteiger partial charge in [0.25, 0.3) is 0 Å². The SMILES string of the molecule is Cc1ccccc1CN(C)C(=O)CN1CCN(CC(=O)N2CCOCC2)CC1. The van der Waals surface area contributed by atoms with Gasteiger partial charge in [0.15, 0.2) is 0 Å². The Bertz CT molecular complexity index is 667. The van der Waals surface area contributed by atoms with Crippen LogP contribution in [0.3, 0.4) is 0 Å². The van der Waals surface area contributed by atoms with Crippen molar-refractivity contribution in [2.45, 2.75) is 13.5 Å². The van der Waals surface area contributed by atoms with Crippen LogP contribution in [-0.2, 0) is 20.9 Å². The second-order valence-electron chi connectivity index (χ2n) is 7.72. The number of carbonyl (C=O) groups excluding carboxylic acids is 2. The summed E-state index contributed by atoms with van der Waals surface area (Å²) in [4.78, 5) is 33.0. The summed E-state index contributed by atoms with van der Waals surface area (Å²) in [6, 6.07) is 8.18. The summed E-state index contributed by atoms with van der Waals surface area (Å²) in [5.74, 6) is 0.326. The maximum atomic E-state index is 12.6. The van der Waals surface area contributed by atoms with E-state index in [0.717, 1.165) is 26.2 Å². The average Bonchev–Trinajstić information content (AvgIpc) is 2.71. The number of rotatable bonds is 6. The molecular formula is C21H32N4O3. The van der Waals surface area contributed by atoms with E-state index in [2.05, 4.69) is 28.9 Å². The molecule has 0 unspecified atom stereocenters. The Hall–Kier alpha value is -1.96. The van der Waals surface area contributed by atoms with Gasteiger partial charge < -0.3 is 14.5 Å². The van der Waals surface area contributed by atoms with Crippen LogP contribution in [0.4, 0.5) is 0 Å². The van der Waals surface area contributed by atoms with Crippen molar-refractivity contribution in [1.82, 2.24) is 19.6 Å². The molecule has 1 aromatic rings. The second kappa shape index (κ2) is 10.0. The predicted octanol–water partition coefficient (Wildman–Crippen LogP) is 0.430. The predicted molar refractivity (Wildman–Crippen MR) is 108 cm³/mol. The van der Waals surface area contributed by atoms with Crippen LogP contribution in [0.1, 0.15) is 11.1 Å². The number of hydrogen-bond acceptors (Lipinski definition) is 5. The van der Waals surface area contributed by atoms with Crippen LogP contribution in [0, 0.1) is 6.92 Å². The summed E-state index contributed by atoms with van der Waals surface area (Å²) in [6.45, 7) is 9.57. The van der Waals surface area contributed by atoms with Crippen LogP contribution in [-0.4, -0.2) is 104 Å². The molecule has 2 amide bonds. The number of ether oxygens (including phenoxy) is 1. The largest absolute Gasteiger partial charge is 0.378 e. The lowest BCUT2D eigenvalue weighted by molar-refractivity contribution is -0.137. The smallest absolute Gasteiger partial charge is 0.236 e. The minimum Gasteiger partial charge on any atom is -0.378 e. The first-order valence-corrected chi connectivity index (χ1v) is 10.1. The lowest BCUT2D eigenvalue weighted by Crippen LogP contribution is -2.53. The van der Waals surface area contributed by atoms with Gasteiger partial charge in [0.05, 0.1) is 26.3 Å². The van der Waals surface area contributed by atoms with E-state index in [4.69, 9.17) is 4.74 Å². The number of aryl methyl sites for hydroxylation is 1. The molecule has 0 saturated carbocycles.